The molecule has 0 amide bonds. The van der Waals surface area contributed by atoms with Gasteiger partial charge < -0.3 is 0 Å². The molecule has 7 heteroatoms. The summed E-state index contributed by atoms with van der Waals surface area (Å²) in [5.74, 6) is 0.711. The average Bonchev–Trinajstić information content (AvgIpc) is 2.77. The van der Waals surface area contributed by atoms with Gasteiger partial charge in [0.1, 0.15) is 4.90 Å². The number of rotatable bonds is 6. The van der Waals surface area contributed by atoms with Crippen LogP contribution in [0.15, 0.2) is 46.7 Å². The van der Waals surface area contributed by atoms with Crippen LogP contribution < -0.4 is 4.72 Å². The SMILES string of the molecule is C=CCSc1ccccc1NS(=O)(=O)c1c(C)n[nH]c1C. The molecule has 0 saturated heterocycles. The highest BCUT2D eigenvalue weighted by atomic mass is 32.2. The third-order valence-corrected chi connectivity index (χ3v) is 5.51. The molecule has 0 aliphatic rings. The molecule has 0 radical (unpaired) electrons. The van der Waals surface area contributed by atoms with Gasteiger partial charge in [0.05, 0.1) is 17.1 Å². The Balaban J connectivity index is 2.35. The normalized spacial score (nSPS) is 11.3. The Bertz CT molecular complexity index is 732. The number of nitrogens with one attached hydrogen (secondary N) is 2. The molecule has 0 spiro atoms. The summed E-state index contributed by atoms with van der Waals surface area (Å²) in [6.07, 6.45) is 1.78. The Hall–Kier alpha value is -1.73. The van der Waals surface area contributed by atoms with E-state index in [1.807, 2.05) is 12.1 Å². The third-order valence-electron chi connectivity index (χ3n) is 2.82. The molecule has 0 aliphatic heterocycles. The zero-order chi connectivity index (χ0) is 15.5. The lowest BCUT2D eigenvalue weighted by Gasteiger charge is -2.12. The molecule has 21 heavy (non-hydrogen) atoms. The summed E-state index contributed by atoms with van der Waals surface area (Å²) in [7, 11) is -3.66. The number of sulfonamides is 1. The average molecular weight is 323 g/mol. The van der Waals surface area contributed by atoms with E-state index >= 15 is 0 Å². The Morgan fingerprint density at radius 3 is 2.71 bits per heavy atom. The van der Waals surface area contributed by atoms with Crippen molar-refractivity contribution in [1.82, 2.24) is 10.2 Å². The summed E-state index contributed by atoms with van der Waals surface area (Å²) in [6, 6.07) is 7.29. The summed E-state index contributed by atoms with van der Waals surface area (Å²) < 4.78 is 27.7. The van der Waals surface area contributed by atoms with Gasteiger partial charge in [-0.25, -0.2) is 8.42 Å². The molecule has 2 aromatic rings. The second kappa shape index (κ2) is 6.36. The van der Waals surface area contributed by atoms with Crippen LogP contribution >= 0.6 is 11.8 Å². The van der Waals surface area contributed by atoms with Gasteiger partial charge in [-0.3, -0.25) is 9.82 Å². The van der Waals surface area contributed by atoms with Crippen LogP contribution in [0.2, 0.25) is 0 Å². The number of aromatic nitrogens is 2. The topological polar surface area (TPSA) is 74.8 Å². The van der Waals surface area contributed by atoms with E-state index in [9.17, 15) is 8.42 Å². The molecule has 0 aliphatic carbocycles. The molecule has 0 atom stereocenters. The maximum Gasteiger partial charge on any atom is 0.265 e. The first-order chi connectivity index (χ1) is 9.95. The number of aryl methyl sites for hydroxylation is 2. The van der Waals surface area contributed by atoms with Crippen molar-refractivity contribution in [1.29, 1.82) is 0 Å². The molecule has 5 nitrogen and oxygen atoms in total. The van der Waals surface area contributed by atoms with E-state index in [1.165, 1.54) is 11.8 Å². The highest BCUT2D eigenvalue weighted by Gasteiger charge is 2.23. The van der Waals surface area contributed by atoms with E-state index in [0.717, 1.165) is 4.90 Å². The Morgan fingerprint density at radius 2 is 2.10 bits per heavy atom. The zero-order valence-corrected chi connectivity index (χ0v) is 13.5. The van der Waals surface area contributed by atoms with Crippen LogP contribution in [0, 0.1) is 13.8 Å². The monoisotopic (exact) mass is 323 g/mol. The predicted octanol–water partition coefficient (Wildman–Crippen LogP) is 3.11. The molecule has 0 fully saturated rings. The fourth-order valence-corrected chi connectivity index (χ4v) is 4.22. The number of anilines is 1. The predicted molar refractivity (Wildman–Crippen MR) is 86.2 cm³/mol. The zero-order valence-electron chi connectivity index (χ0n) is 11.9. The number of H-pyrrole nitrogens is 1. The number of aromatic amines is 1. The molecule has 0 bridgehead atoms. The Morgan fingerprint density at radius 1 is 1.38 bits per heavy atom. The number of hydrogen-bond acceptors (Lipinski definition) is 4. The largest absolute Gasteiger partial charge is 0.281 e. The maximum atomic E-state index is 12.5. The summed E-state index contributed by atoms with van der Waals surface area (Å²) >= 11 is 1.52. The van der Waals surface area contributed by atoms with E-state index in [2.05, 4.69) is 21.5 Å². The standard InChI is InChI=1S/C14H17N3O2S2/c1-4-9-20-13-8-6-5-7-12(13)17-21(18,19)14-10(2)15-16-11(14)3/h4-8,17H,1,9H2,2-3H3,(H,15,16). The number of thioether (sulfide) groups is 1. The summed E-state index contributed by atoms with van der Waals surface area (Å²) in [4.78, 5) is 1.06. The molecule has 2 rings (SSSR count). The molecule has 2 N–H and O–H groups in total. The molecular formula is C14H17N3O2S2. The van der Waals surface area contributed by atoms with Crippen LogP contribution in [-0.2, 0) is 10.0 Å². The highest BCUT2D eigenvalue weighted by molar-refractivity contribution is 7.99. The van der Waals surface area contributed by atoms with Gasteiger partial charge in [0.25, 0.3) is 10.0 Å². The summed E-state index contributed by atoms with van der Waals surface area (Å²) in [5, 5.41) is 6.62. The molecule has 0 unspecified atom stereocenters. The van der Waals surface area contributed by atoms with Crippen LogP contribution in [0.4, 0.5) is 5.69 Å². The van der Waals surface area contributed by atoms with Crippen molar-refractivity contribution in [2.45, 2.75) is 23.6 Å². The van der Waals surface area contributed by atoms with Crippen molar-refractivity contribution in [2.75, 3.05) is 10.5 Å². The minimum absolute atomic E-state index is 0.200. The Labute approximate surface area is 128 Å². The molecule has 112 valence electrons. The lowest BCUT2D eigenvalue weighted by Crippen LogP contribution is -2.15. The van der Waals surface area contributed by atoms with Crippen LogP contribution in [0.1, 0.15) is 11.4 Å². The van der Waals surface area contributed by atoms with Crippen LogP contribution in [-0.4, -0.2) is 24.4 Å². The van der Waals surface area contributed by atoms with Gasteiger partial charge in [-0.1, -0.05) is 18.2 Å². The van der Waals surface area contributed by atoms with Gasteiger partial charge in [0, 0.05) is 10.6 Å². The first-order valence-corrected chi connectivity index (χ1v) is 8.79. The second-order valence-corrected chi connectivity index (χ2v) is 7.15. The molecule has 0 saturated carbocycles. The van der Waals surface area contributed by atoms with Crippen molar-refractivity contribution in [2.24, 2.45) is 0 Å². The number of nitrogens with zero attached hydrogens (tertiary/aromatic N) is 1. The van der Waals surface area contributed by atoms with E-state index < -0.39 is 10.0 Å². The molecular weight excluding hydrogens is 306 g/mol. The first-order valence-electron chi connectivity index (χ1n) is 6.33. The van der Waals surface area contributed by atoms with Crippen molar-refractivity contribution in [3.05, 3.63) is 48.3 Å². The second-order valence-electron chi connectivity index (χ2n) is 4.46. The number of para-hydroxylation sites is 1. The lowest BCUT2D eigenvalue weighted by molar-refractivity contribution is 0.600. The molecule has 1 heterocycles. The number of benzene rings is 1. The quantitative estimate of drug-likeness (QED) is 0.633. The Kier molecular flexibility index (Phi) is 4.74. The minimum Gasteiger partial charge on any atom is -0.281 e. The van der Waals surface area contributed by atoms with Gasteiger partial charge in [0.15, 0.2) is 0 Å². The van der Waals surface area contributed by atoms with Crippen molar-refractivity contribution in [3.63, 3.8) is 0 Å². The third kappa shape index (κ3) is 3.48. The van der Waals surface area contributed by atoms with Gasteiger partial charge in [0.2, 0.25) is 0 Å². The minimum atomic E-state index is -3.66. The van der Waals surface area contributed by atoms with Crippen LogP contribution in [0.5, 0.6) is 0 Å². The van der Waals surface area contributed by atoms with Gasteiger partial charge in [-0.05, 0) is 26.0 Å². The van der Waals surface area contributed by atoms with Crippen LogP contribution in [0.3, 0.4) is 0 Å². The van der Waals surface area contributed by atoms with Crippen molar-refractivity contribution >= 4 is 27.5 Å². The fraction of sp³-hybridized carbons (Fsp3) is 0.214. The van der Waals surface area contributed by atoms with E-state index in [4.69, 9.17) is 0 Å². The summed E-state index contributed by atoms with van der Waals surface area (Å²) in [5.41, 5.74) is 1.54. The van der Waals surface area contributed by atoms with E-state index in [0.29, 0.717) is 22.8 Å². The summed E-state index contributed by atoms with van der Waals surface area (Å²) in [6.45, 7) is 7.02. The van der Waals surface area contributed by atoms with Gasteiger partial charge in [-0.15, -0.1) is 18.3 Å². The highest BCUT2D eigenvalue weighted by Crippen LogP contribution is 2.29. The van der Waals surface area contributed by atoms with Crippen molar-refractivity contribution in [3.8, 4) is 0 Å². The number of hydrogen-bond donors (Lipinski definition) is 2. The maximum absolute atomic E-state index is 12.5. The van der Waals surface area contributed by atoms with Gasteiger partial charge in [-0.2, -0.15) is 5.10 Å². The van der Waals surface area contributed by atoms with Crippen molar-refractivity contribution < 1.29 is 8.42 Å². The smallest absolute Gasteiger partial charge is 0.265 e. The fourth-order valence-electron chi connectivity index (χ4n) is 1.96. The first kappa shape index (κ1) is 15.7. The van der Waals surface area contributed by atoms with Crippen LogP contribution in [0.25, 0.3) is 0 Å². The molecule has 1 aromatic heterocycles. The molecule has 1 aromatic carbocycles. The lowest BCUT2D eigenvalue weighted by atomic mass is 10.3. The van der Waals surface area contributed by atoms with E-state index in [-0.39, 0.29) is 4.90 Å². The van der Waals surface area contributed by atoms with E-state index in [1.54, 1.807) is 32.1 Å². The van der Waals surface area contributed by atoms with Gasteiger partial charge >= 0.3 is 0 Å².